The Bertz CT molecular complexity index is 2780. The molecule has 0 bridgehead atoms. The molecule has 2 heterocycles. The van der Waals surface area contributed by atoms with Crippen LogP contribution in [0.4, 0.5) is 0 Å². The van der Waals surface area contributed by atoms with E-state index in [1.54, 1.807) is 0 Å². The zero-order valence-electron chi connectivity index (χ0n) is 29.0. The summed E-state index contributed by atoms with van der Waals surface area (Å²) in [6, 6.07) is 60.0. The van der Waals surface area contributed by atoms with Crippen LogP contribution < -0.4 is 0 Å². The van der Waals surface area contributed by atoms with Gasteiger partial charge in [0.05, 0.1) is 11.0 Å². The van der Waals surface area contributed by atoms with Gasteiger partial charge in [-0.25, -0.2) is 4.98 Å². The van der Waals surface area contributed by atoms with Gasteiger partial charge >= 0.3 is 0 Å². The molecule has 4 nitrogen and oxygen atoms in total. The fourth-order valence-corrected chi connectivity index (χ4v) is 8.06. The van der Waals surface area contributed by atoms with Crippen LogP contribution in [-0.2, 0) is 5.41 Å². The van der Waals surface area contributed by atoms with E-state index in [0.717, 1.165) is 33.3 Å². The molecule has 0 amide bonds. The maximum Gasteiger partial charge on any atom is 0.238 e. The molecule has 0 fully saturated rings. The highest BCUT2D eigenvalue weighted by Gasteiger charge is 2.37. The van der Waals surface area contributed by atoms with Gasteiger partial charge in [-0.3, -0.25) is 4.57 Å². The third-order valence-corrected chi connectivity index (χ3v) is 10.7. The van der Waals surface area contributed by atoms with E-state index in [0.29, 0.717) is 17.6 Å². The van der Waals surface area contributed by atoms with Crippen LogP contribution in [0.25, 0.3) is 83.9 Å². The Morgan fingerprint density at radius 1 is 0.404 bits per heavy atom. The summed E-state index contributed by atoms with van der Waals surface area (Å²) in [5.41, 5.74) is 13.8. The molecule has 7 aromatic carbocycles. The van der Waals surface area contributed by atoms with Gasteiger partial charge in [0.2, 0.25) is 5.95 Å². The fourth-order valence-electron chi connectivity index (χ4n) is 8.06. The van der Waals surface area contributed by atoms with Crippen LogP contribution in [-0.4, -0.2) is 19.5 Å². The number of fused-ring (bicyclic) bond motifs is 7. The Morgan fingerprint density at radius 3 is 1.56 bits per heavy atom. The van der Waals surface area contributed by atoms with Crippen molar-refractivity contribution < 1.29 is 0 Å². The number of hydrogen-bond donors (Lipinski definition) is 0. The highest BCUT2D eigenvalue weighted by molar-refractivity contribution is 6.15. The maximum atomic E-state index is 5.28. The van der Waals surface area contributed by atoms with Crippen molar-refractivity contribution in [2.45, 2.75) is 19.3 Å². The molecule has 9 aromatic rings. The third-order valence-electron chi connectivity index (χ3n) is 10.7. The molecule has 0 saturated heterocycles. The van der Waals surface area contributed by atoms with Gasteiger partial charge in [0.15, 0.2) is 11.6 Å². The summed E-state index contributed by atoms with van der Waals surface area (Å²) in [7, 11) is 0. The third kappa shape index (κ3) is 4.72. The second kappa shape index (κ2) is 11.7. The molecule has 246 valence electrons. The van der Waals surface area contributed by atoms with Gasteiger partial charge in [-0.1, -0.05) is 178 Å². The predicted octanol–water partition coefficient (Wildman–Crippen LogP) is 11.9. The molecular formula is C48H34N4. The normalized spacial score (nSPS) is 13.0. The van der Waals surface area contributed by atoms with Crippen LogP contribution in [0.2, 0.25) is 0 Å². The molecular weight excluding hydrogens is 633 g/mol. The first kappa shape index (κ1) is 30.2. The van der Waals surface area contributed by atoms with E-state index in [1.165, 1.54) is 44.2 Å². The second-order valence-electron chi connectivity index (χ2n) is 14.1. The minimum atomic E-state index is -0.134. The van der Waals surface area contributed by atoms with Gasteiger partial charge in [0, 0.05) is 32.9 Å². The van der Waals surface area contributed by atoms with Gasteiger partial charge in [-0.15, -0.1) is 0 Å². The first-order valence-corrected chi connectivity index (χ1v) is 17.8. The smallest absolute Gasteiger partial charge is 0.238 e. The molecule has 4 heteroatoms. The molecule has 10 rings (SSSR count). The molecule has 2 aromatic heterocycles. The molecule has 0 aliphatic heterocycles. The van der Waals surface area contributed by atoms with Gasteiger partial charge in [0.25, 0.3) is 0 Å². The standard InChI is InChI=1S/C48H34N4/c1-48(2)40-19-11-9-18-39(40)43-41(48)30-29-38-37-17-10-12-20-42(37)52(44(38)43)47-50-45(35-15-7-4-8-16-35)49-46(51-47)36-27-25-34(26-28-36)33-23-21-32(22-24-33)31-13-5-3-6-14-31/h3-30H,1-2H3. The number of rotatable bonds is 5. The second-order valence-corrected chi connectivity index (χ2v) is 14.1. The summed E-state index contributed by atoms with van der Waals surface area (Å²) in [4.78, 5) is 15.6. The Hall–Kier alpha value is -6.65. The van der Waals surface area contributed by atoms with Crippen LogP contribution in [0, 0.1) is 0 Å². The number of hydrogen-bond acceptors (Lipinski definition) is 3. The van der Waals surface area contributed by atoms with E-state index in [1.807, 2.05) is 24.3 Å². The first-order valence-electron chi connectivity index (χ1n) is 17.8. The van der Waals surface area contributed by atoms with Crippen LogP contribution in [0.1, 0.15) is 25.0 Å². The molecule has 0 spiro atoms. The summed E-state index contributed by atoms with van der Waals surface area (Å²) in [6.45, 7) is 4.65. The van der Waals surface area contributed by atoms with Gasteiger partial charge in [-0.2, -0.15) is 9.97 Å². The molecule has 52 heavy (non-hydrogen) atoms. The highest BCUT2D eigenvalue weighted by atomic mass is 15.2. The van der Waals surface area contributed by atoms with Crippen molar-refractivity contribution in [2.24, 2.45) is 0 Å². The van der Waals surface area contributed by atoms with E-state index in [4.69, 9.17) is 15.0 Å². The van der Waals surface area contributed by atoms with E-state index >= 15 is 0 Å². The molecule has 1 aliphatic carbocycles. The van der Waals surface area contributed by atoms with Crippen molar-refractivity contribution in [3.63, 3.8) is 0 Å². The largest absolute Gasteiger partial charge is 0.277 e. The first-order chi connectivity index (χ1) is 25.5. The van der Waals surface area contributed by atoms with Crippen LogP contribution >= 0.6 is 0 Å². The van der Waals surface area contributed by atoms with Crippen molar-refractivity contribution >= 4 is 21.8 Å². The monoisotopic (exact) mass is 666 g/mol. The van der Waals surface area contributed by atoms with Gasteiger partial charge in [-0.05, 0) is 45.0 Å². The zero-order chi connectivity index (χ0) is 34.8. The molecule has 0 saturated carbocycles. The van der Waals surface area contributed by atoms with Crippen LogP contribution in [0.15, 0.2) is 170 Å². The fraction of sp³-hybridized carbons (Fsp3) is 0.0625. The minimum Gasteiger partial charge on any atom is -0.277 e. The number of aromatic nitrogens is 4. The van der Waals surface area contributed by atoms with Crippen molar-refractivity contribution in [1.29, 1.82) is 0 Å². The number of benzene rings is 7. The average Bonchev–Trinajstić information content (AvgIpc) is 3.67. The Labute approximate surface area is 302 Å². The lowest BCUT2D eigenvalue weighted by Gasteiger charge is -2.21. The Kier molecular flexibility index (Phi) is 6.80. The Morgan fingerprint density at radius 2 is 0.904 bits per heavy atom. The predicted molar refractivity (Wildman–Crippen MR) is 213 cm³/mol. The summed E-state index contributed by atoms with van der Waals surface area (Å²) in [6.07, 6.45) is 0. The van der Waals surface area contributed by atoms with E-state index in [2.05, 4.69) is 164 Å². The minimum absolute atomic E-state index is 0.134. The maximum absolute atomic E-state index is 5.28. The molecule has 0 atom stereocenters. The quantitative estimate of drug-likeness (QED) is 0.184. The zero-order valence-corrected chi connectivity index (χ0v) is 29.0. The SMILES string of the molecule is CC1(C)c2ccccc2-c2c1ccc1c3ccccc3n(-c3nc(-c4ccccc4)nc(-c4ccc(-c5ccc(-c6ccccc6)cc5)cc4)n3)c21. The topological polar surface area (TPSA) is 43.6 Å². The summed E-state index contributed by atoms with van der Waals surface area (Å²) >= 11 is 0. The highest BCUT2D eigenvalue weighted by Crippen LogP contribution is 2.52. The summed E-state index contributed by atoms with van der Waals surface area (Å²) in [5, 5.41) is 2.36. The summed E-state index contributed by atoms with van der Waals surface area (Å²) < 4.78 is 2.27. The lowest BCUT2D eigenvalue weighted by Crippen LogP contribution is -2.14. The van der Waals surface area contributed by atoms with Gasteiger partial charge < -0.3 is 0 Å². The van der Waals surface area contributed by atoms with E-state index in [-0.39, 0.29) is 5.41 Å². The number of nitrogens with zero attached hydrogens (tertiary/aromatic N) is 4. The average molecular weight is 667 g/mol. The van der Waals surface area contributed by atoms with Crippen molar-refractivity contribution in [3.8, 4) is 62.1 Å². The lowest BCUT2D eigenvalue weighted by atomic mass is 9.82. The molecule has 0 unspecified atom stereocenters. The van der Waals surface area contributed by atoms with Crippen molar-refractivity contribution in [1.82, 2.24) is 19.5 Å². The number of para-hydroxylation sites is 1. The van der Waals surface area contributed by atoms with Crippen molar-refractivity contribution in [2.75, 3.05) is 0 Å². The van der Waals surface area contributed by atoms with Crippen LogP contribution in [0.5, 0.6) is 0 Å². The summed E-state index contributed by atoms with van der Waals surface area (Å²) in [5.74, 6) is 1.88. The van der Waals surface area contributed by atoms with Gasteiger partial charge in [0.1, 0.15) is 0 Å². The van der Waals surface area contributed by atoms with E-state index in [9.17, 15) is 0 Å². The van der Waals surface area contributed by atoms with Crippen molar-refractivity contribution in [3.05, 3.63) is 181 Å². The Balaban J connectivity index is 1.16. The molecule has 0 radical (unpaired) electrons. The molecule has 1 aliphatic rings. The van der Waals surface area contributed by atoms with E-state index < -0.39 is 0 Å². The lowest BCUT2D eigenvalue weighted by molar-refractivity contribution is 0.660. The van der Waals surface area contributed by atoms with Crippen LogP contribution in [0.3, 0.4) is 0 Å². The molecule has 0 N–H and O–H groups in total.